The van der Waals surface area contributed by atoms with Gasteiger partial charge in [0.25, 0.3) is 0 Å². The van der Waals surface area contributed by atoms with Gasteiger partial charge in [0.2, 0.25) is 5.95 Å². The molecule has 0 radical (unpaired) electrons. The van der Waals surface area contributed by atoms with Gasteiger partial charge in [0.05, 0.1) is 15.4 Å². The van der Waals surface area contributed by atoms with Crippen LogP contribution in [0.15, 0.2) is 34.3 Å². The van der Waals surface area contributed by atoms with E-state index in [-0.39, 0.29) is 5.41 Å². The van der Waals surface area contributed by atoms with Crippen molar-refractivity contribution in [2.45, 2.75) is 29.7 Å². The Morgan fingerprint density at radius 1 is 1.30 bits per heavy atom. The highest BCUT2D eigenvalue weighted by molar-refractivity contribution is 7.99. The van der Waals surface area contributed by atoms with Crippen LogP contribution >= 0.6 is 35.0 Å². The zero-order valence-corrected chi connectivity index (χ0v) is 17.2. The van der Waals surface area contributed by atoms with Crippen LogP contribution in [0.3, 0.4) is 0 Å². The molecule has 0 unspecified atom stereocenters. The maximum Gasteiger partial charge on any atom is 0.227 e. The molecule has 3 N–H and O–H groups in total. The zero-order valence-electron chi connectivity index (χ0n) is 14.9. The smallest absolute Gasteiger partial charge is 0.227 e. The third-order valence-corrected chi connectivity index (χ3v) is 7.13. The summed E-state index contributed by atoms with van der Waals surface area (Å²) in [6.45, 7) is 4.78. The highest BCUT2D eigenvalue weighted by Crippen LogP contribution is 2.38. The Bertz CT molecular complexity index is 968. The number of nitrogens with zero attached hydrogens (tertiary/aromatic N) is 4. The molecule has 3 aromatic rings. The molecule has 2 aromatic heterocycles. The number of aromatic amines is 1. The molecule has 0 bridgehead atoms. The molecule has 1 aromatic carbocycles. The summed E-state index contributed by atoms with van der Waals surface area (Å²) in [5.74, 6) is 0.725. The van der Waals surface area contributed by atoms with Crippen molar-refractivity contribution in [2.75, 3.05) is 24.5 Å². The summed E-state index contributed by atoms with van der Waals surface area (Å²) in [5, 5.41) is 10.1. The van der Waals surface area contributed by atoms with Gasteiger partial charge in [0, 0.05) is 24.2 Å². The monoisotopic (exact) mass is 422 g/mol. The van der Waals surface area contributed by atoms with Gasteiger partial charge in [0.1, 0.15) is 5.03 Å². The first-order valence-electron chi connectivity index (χ1n) is 8.77. The number of H-pyrrole nitrogens is 1. The van der Waals surface area contributed by atoms with Crippen molar-refractivity contribution in [3.63, 3.8) is 0 Å². The van der Waals surface area contributed by atoms with Crippen LogP contribution in [-0.4, -0.2) is 39.8 Å². The molecule has 6 nitrogen and oxygen atoms in total. The van der Waals surface area contributed by atoms with Gasteiger partial charge in [-0.1, -0.05) is 48.0 Å². The molecule has 1 aliphatic heterocycles. The lowest BCUT2D eigenvalue weighted by Crippen LogP contribution is -2.42. The second-order valence-corrected chi connectivity index (χ2v) is 8.93. The Morgan fingerprint density at radius 3 is 2.81 bits per heavy atom. The van der Waals surface area contributed by atoms with Crippen molar-refractivity contribution >= 4 is 51.9 Å². The highest BCUT2D eigenvalue weighted by atomic mass is 35.5. The predicted molar refractivity (Wildman–Crippen MR) is 111 cm³/mol. The first-order chi connectivity index (χ1) is 13.0. The number of benzene rings is 1. The molecular formula is C18H20Cl2N6S. The van der Waals surface area contributed by atoms with E-state index in [4.69, 9.17) is 28.9 Å². The normalized spacial score (nSPS) is 16.8. The molecule has 1 aliphatic rings. The van der Waals surface area contributed by atoms with Crippen LogP contribution in [0.5, 0.6) is 0 Å². The molecule has 1 fully saturated rings. The van der Waals surface area contributed by atoms with E-state index in [1.165, 1.54) is 11.8 Å². The van der Waals surface area contributed by atoms with E-state index in [0.717, 1.165) is 47.2 Å². The average molecular weight is 423 g/mol. The van der Waals surface area contributed by atoms with Crippen molar-refractivity contribution in [3.05, 3.63) is 34.4 Å². The van der Waals surface area contributed by atoms with Crippen LogP contribution in [0.4, 0.5) is 5.95 Å². The fourth-order valence-electron chi connectivity index (χ4n) is 3.13. The zero-order chi connectivity index (χ0) is 19.0. The number of halogens is 2. The number of hydrogen-bond acceptors (Lipinski definition) is 6. The number of nitrogens with one attached hydrogen (secondary N) is 1. The minimum atomic E-state index is 0.217. The molecule has 27 heavy (non-hydrogen) atoms. The summed E-state index contributed by atoms with van der Waals surface area (Å²) in [6.07, 6.45) is 3.91. The van der Waals surface area contributed by atoms with Gasteiger partial charge in [-0.25, -0.2) is 4.98 Å². The van der Waals surface area contributed by atoms with Crippen molar-refractivity contribution < 1.29 is 0 Å². The first kappa shape index (κ1) is 18.8. The Morgan fingerprint density at radius 2 is 2.07 bits per heavy atom. The van der Waals surface area contributed by atoms with Crippen molar-refractivity contribution in [2.24, 2.45) is 11.1 Å². The minimum absolute atomic E-state index is 0.217. The number of rotatable bonds is 4. The van der Waals surface area contributed by atoms with Gasteiger partial charge in [-0.3, -0.25) is 5.10 Å². The lowest BCUT2D eigenvalue weighted by atomic mass is 9.81. The number of anilines is 1. The molecule has 142 valence electrons. The summed E-state index contributed by atoms with van der Waals surface area (Å²) < 4.78 is 0. The van der Waals surface area contributed by atoms with Crippen LogP contribution in [-0.2, 0) is 0 Å². The summed E-state index contributed by atoms with van der Waals surface area (Å²) in [7, 11) is 0. The number of fused-ring (bicyclic) bond motifs is 1. The van der Waals surface area contributed by atoms with E-state index in [0.29, 0.717) is 22.2 Å². The molecule has 0 spiro atoms. The quantitative estimate of drug-likeness (QED) is 0.648. The van der Waals surface area contributed by atoms with Crippen molar-refractivity contribution in [1.82, 2.24) is 20.2 Å². The first-order valence-corrected chi connectivity index (χ1v) is 10.3. The van der Waals surface area contributed by atoms with E-state index in [1.807, 2.05) is 18.3 Å². The molecule has 9 heteroatoms. The van der Waals surface area contributed by atoms with Gasteiger partial charge in [0.15, 0.2) is 5.65 Å². The van der Waals surface area contributed by atoms with E-state index in [9.17, 15) is 0 Å². The summed E-state index contributed by atoms with van der Waals surface area (Å²) in [5.41, 5.74) is 6.83. The molecule has 1 saturated heterocycles. The molecule has 0 amide bonds. The summed E-state index contributed by atoms with van der Waals surface area (Å²) in [4.78, 5) is 12.3. The maximum atomic E-state index is 6.29. The number of nitrogens with two attached hydrogens (primary N) is 1. The minimum Gasteiger partial charge on any atom is -0.341 e. The van der Waals surface area contributed by atoms with Crippen LogP contribution in [0.25, 0.3) is 11.0 Å². The molecule has 4 rings (SSSR count). The topological polar surface area (TPSA) is 83.7 Å². The lowest BCUT2D eigenvalue weighted by Gasteiger charge is -2.38. The van der Waals surface area contributed by atoms with Gasteiger partial charge < -0.3 is 10.6 Å². The fourth-order valence-corrected chi connectivity index (χ4v) is 4.50. The molecule has 0 aliphatic carbocycles. The Hall–Kier alpha value is -1.54. The van der Waals surface area contributed by atoms with E-state index >= 15 is 0 Å². The van der Waals surface area contributed by atoms with Crippen LogP contribution in [0, 0.1) is 5.41 Å². The van der Waals surface area contributed by atoms with Gasteiger partial charge in [-0.05, 0) is 36.9 Å². The average Bonchev–Trinajstić information content (AvgIpc) is 3.08. The third kappa shape index (κ3) is 3.74. The van der Waals surface area contributed by atoms with E-state index in [1.54, 1.807) is 6.07 Å². The van der Waals surface area contributed by atoms with Crippen LogP contribution in [0.2, 0.25) is 10.0 Å². The molecule has 0 atom stereocenters. The Balaban J connectivity index is 1.56. The van der Waals surface area contributed by atoms with Crippen LogP contribution < -0.4 is 10.6 Å². The summed E-state index contributed by atoms with van der Waals surface area (Å²) >= 11 is 13.8. The SMILES string of the molecule is CC1(CN)CCN(c2ncc3c(Sc4cccc(Cl)c4Cl)n[nH]c3n2)CC1. The van der Waals surface area contributed by atoms with Gasteiger partial charge in [-0.15, -0.1) is 0 Å². The predicted octanol–water partition coefficient (Wildman–Crippen LogP) is 4.38. The van der Waals surface area contributed by atoms with E-state index < -0.39 is 0 Å². The maximum absolute atomic E-state index is 6.29. The number of hydrogen-bond donors (Lipinski definition) is 2. The second-order valence-electron chi connectivity index (χ2n) is 7.12. The van der Waals surface area contributed by atoms with Gasteiger partial charge >= 0.3 is 0 Å². The molecular weight excluding hydrogens is 403 g/mol. The van der Waals surface area contributed by atoms with E-state index in [2.05, 4.69) is 32.0 Å². The van der Waals surface area contributed by atoms with Crippen molar-refractivity contribution in [3.8, 4) is 0 Å². The largest absolute Gasteiger partial charge is 0.341 e. The molecule has 0 saturated carbocycles. The lowest BCUT2D eigenvalue weighted by molar-refractivity contribution is 0.257. The summed E-state index contributed by atoms with van der Waals surface area (Å²) in [6, 6.07) is 5.54. The van der Waals surface area contributed by atoms with Crippen LogP contribution in [0.1, 0.15) is 19.8 Å². The highest BCUT2D eigenvalue weighted by Gasteiger charge is 2.29. The number of piperidine rings is 1. The Labute approximate surface area is 171 Å². The van der Waals surface area contributed by atoms with Gasteiger partial charge in [-0.2, -0.15) is 10.1 Å². The van der Waals surface area contributed by atoms with Crippen molar-refractivity contribution in [1.29, 1.82) is 0 Å². The third-order valence-electron chi connectivity index (χ3n) is 5.14. The number of aromatic nitrogens is 4. The standard InChI is InChI=1S/C18H20Cl2N6S/c1-18(10-21)5-7-26(8-6-18)17-22-9-11-15(23-17)24-25-16(11)27-13-4-2-3-12(19)14(13)20/h2-4,9H,5-8,10,21H2,1H3,(H,22,23,24,25). The second kappa shape index (κ2) is 7.47. The molecule has 3 heterocycles. The Kier molecular flexibility index (Phi) is 5.20. The fraction of sp³-hybridized carbons (Fsp3) is 0.389.